The van der Waals surface area contributed by atoms with Gasteiger partial charge in [0.2, 0.25) is 0 Å². The van der Waals surface area contributed by atoms with Crippen LogP contribution in [0.15, 0.2) is 11.4 Å². The molecule has 2 N–H and O–H groups in total. The van der Waals surface area contributed by atoms with Crippen LogP contribution in [-0.2, 0) is 0 Å². The number of nitrogens with two attached hydrogens (primary N) is 1. The summed E-state index contributed by atoms with van der Waals surface area (Å²) >= 11 is 7.67. The zero-order valence-corrected chi connectivity index (χ0v) is 8.58. The Morgan fingerprint density at radius 1 is 1.67 bits per heavy atom. The van der Waals surface area contributed by atoms with Gasteiger partial charge in [-0.05, 0) is 29.7 Å². The van der Waals surface area contributed by atoms with Gasteiger partial charge >= 0.3 is 0 Å². The van der Waals surface area contributed by atoms with Gasteiger partial charge in [0.15, 0.2) is 0 Å². The highest BCUT2D eigenvalue weighted by Crippen LogP contribution is 2.54. The first-order chi connectivity index (χ1) is 5.63. The SMILES string of the molecule is CC1(C(N)c2sccc2Cl)CC1. The van der Waals surface area contributed by atoms with Gasteiger partial charge in [-0.2, -0.15) is 0 Å². The van der Waals surface area contributed by atoms with Crippen molar-refractivity contribution >= 4 is 22.9 Å². The van der Waals surface area contributed by atoms with E-state index in [2.05, 4.69) is 6.92 Å². The summed E-state index contributed by atoms with van der Waals surface area (Å²) in [6, 6.07) is 2.07. The molecule has 0 aliphatic heterocycles. The van der Waals surface area contributed by atoms with Gasteiger partial charge < -0.3 is 5.73 Å². The third kappa shape index (κ3) is 1.28. The van der Waals surface area contributed by atoms with Crippen LogP contribution in [-0.4, -0.2) is 0 Å². The molecule has 3 heteroatoms. The van der Waals surface area contributed by atoms with Crippen molar-refractivity contribution in [1.82, 2.24) is 0 Å². The third-order valence-corrected chi connectivity index (χ3v) is 4.16. The molecule has 1 heterocycles. The highest BCUT2D eigenvalue weighted by atomic mass is 35.5. The maximum atomic E-state index is 6.11. The van der Waals surface area contributed by atoms with Crippen LogP contribution in [0.5, 0.6) is 0 Å². The molecule has 0 radical (unpaired) electrons. The summed E-state index contributed by atoms with van der Waals surface area (Å²) < 4.78 is 0. The van der Waals surface area contributed by atoms with Crippen LogP contribution in [0, 0.1) is 5.41 Å². The molecule has 0 bridgehead atoms. The highest BCUT2D eigenvalue weighted by molar-refractivity contribution is 7.10. The van der Waals surface area contributed by atoms with Gasteiger partial charge in [0.25, 0.3) is 0 Å². The van der Waals surface area contributed by atoms with Crippen LogP contribution in [0.3, 0.4) is 0 Å². The van der Waals surface area contributed by atoms with Crippen LogP contribution in [0.1, 0.15) is 30.7 Å². The van der Waals surface area contributed by atoms with Crippen molar-refractivity contribution in [3.63, 3.8) is 0 Å². The van der Waals surface area contributed by atoms with Gasteiger partial charge in [-0.25, -0.2) is 0 Å². The third-order valence-electron chi connectivity index (χ3n) is 2.72. The minimum absolute atomic E-state index is 0.144. The van der Waals surface area contributed by atoms with E-state index in [9.17, 15) is 0 Å². The van der Waals surface area contributed by atoms with E-state index in [4.69, 9.17) is 17.3 Å². The fraction of sp³-hybridized carbons (Fsp3) is 0.556. The van der Waals surface area contributed by atoms with E-state index < -0.39 is 0 Å². The van der Waals surface area contributed by atoms with E-state index in [-0.39, 0.29) is 6.04 Å². The van der Waals surface area contributed by atoms with Crippen molar-refractivity contribution in [3.05, 3.63) is 21.3 Å². The Kier molecular flexibility index (Phi) is 1.94. The van der Waals surface area contributed by atoms with E-state index in [0.717, 1.165) is 9.90 Å². The highest BCUT2D eigenvalue weighted by Gasteiger charge is 2.44. The summed E-state index contributed by atoms with van der Waals surface area (Å²) in [6.45, 7) is 2.23. The molecule has 1 unspecified atom stereocenters. The van der Waals surface area contributed by atoms with Gasteiger partial charge in [0.05, 0.1) is 5.02 Å². The van der Waals surface area contributed by atoms with Crippen LogP contribution in [0.2, 0.25) is 5.02 Å². The van der Waals surface area contributed by atoms with Crippen molar-refractivity contribution in [3.8, 4) is 0 Å². The summed E-state index contributed by atoms with van der Waals surface area (Å²) in [4.78, 5) is 1.15. The minimum Gasteiger partial charge on any atom is -0.323 e. The number of hydrogen-bond donors (Lipinski definition) is 1. The van der Waals surface area contributed by atoms with Gasteiger partial charge in [0, 0.05) is 10.9 Å². The molecule has 1 atom stereocenters. The number of hydrogen-bond acceptors (Lipinski definition) is 2. The topological polar surface area (TPSA) is 26.0 Å². The largest absolute Gasteiger partial charge is 0.323 e. The summed E-state index contributed by atoms with van der Waals surface area (Å²) in [5.41, 5.74) is 6.43. The van der Waals surface area contributed by atoms with Crippen molar-refractivity contribution < 1.29 is 0 Å². The zero-order chi connectivity index (χ0) is 8.77. The second-order valence-electron chi connectivity index (χ2n) is 3.76. The summed E-state index contributed by atoms with van der Waals surface area (Å²) in [5, 5.41) is 2.84. The van der Waals surface area contributed by atoms with Crippen LogP contribution in [0.4, 0.5) is 0 Å². The molecule has 0 spiro atoms. The first-order valence-corrected chi connectivity index (χ1v) is 5.38. The smallest absolute Gasteiger partial charge is 0.0561 e. The van der Waals surface area contributed by atoms with Crippen LogP contribution < -0.4 is 5.73 Å². The van der Waals surface area contributed by atoms with Crippen LogP contribution >= 0.6 is 22.9 Å². The summed E-state index contributed by atoms with van der Waals surface area (Å²) in [7, 11) is 0. The molecule has 1 aliphatic carbocycles. The Balaban J connectivity index is 2.25. The van der Waals surface area contributed by atoms with Gasteiger partial charge in [-0.15, -0.1) is 11.3 Å². The fourth-order valence-corrected chi connectivity index (χ4v) is 2.70. The predicted molar refractivity (Wildman–Crippen MR) is 53.6 cm³/mol. The molecule has 12 heavy (non-hydrogen) atoms. The molecule has 1 saturated carbocycles. The van der Waals surface area contributed by atoms with Crippen molar-refractivity contribution in [2.45, 2.75) is 25.8 Å². The standard InChI is InChI=1S/C9H12ClNS/c1-9(3-4-9)8(11)7-6(10)2-5-12-7/h2,5,8H,3-4,11H2,1H3. The van der Waals surface area contributed by atoms with E-state index in [1.54, 1.807) is 11.3 Å². The Bertz CT molecular complexity index is 290. The molecule has 1 aromatic heterocycles. The monoisotopic (exact) mass is 201 g/mol. The zero-order valence-electron chi connectivity index (χ0n) is 7.01. The molecule has 2 rings (SSSR count). The van der Waals surface area contributed by atoms with E-state index in [0.29, 0.717) is 5.41 Å². The van der Waals surface area contributed by atoms with Crippen molar-refractivity contribution in [2.75, 3.05) is 0 Å². The normalized spacial score (nSPS) is 22.2. The van der Waals surface area contributed by atoms with Crippen LogP contribution in [0.25, 0.3) is 0 Å². The fourth-order valence-electron chi connectivity index (χ4n) is 1.35. The van der Waals surface area contributed by atoms with Crippen molar-refractivity contribution in [2.24, 2.45) is 11.1 Å². The quantitative estimate of drug-likeness (QED) is 0.782. The van der Waals surface area contributed by atoms with E-state index >= 15 is 0 Å². The number of halogens is 1. The molecule has 0 saturated heterocycles. The molecule has 1 aromatic rings. The lowest BCUT2D eigenvalue weighted by Gasteiger charge is -2.17. The second-order valence-corrected chi connectivity index (χ2v) is 5.12. The summed E-state index contributed by atoms with van der Waals surface area (Å²) in [6.07, 6.45) is 2.48. The molecular weight excluding hydrogens is 190 g/mol. The molecule has 1 nitrogen and oxygen atoms in total. The molecular formula is C9H12ClNS. The minimum atomic E-state index is 0.144. The Morgan fingerprint density at radius 3 is 2.75 bits per heavy atom. The average molecular weight is 202 g/mol. The lowest BCUT2D eigenvalue weighted by Crippen LogP contribution is -2.19. The van der Waals surface area contributed by atoms with Gasteiger partial charge in [-0.3, -0.25) is 0 Å². The predicted octanol–water partition coefficient (Wildman–Crippen LogP) is 3.20. The Morgan fingerprint density at radius 2 is 2.33 bits per heavy atom. The lowest BCUT2D eigenvalue weighted by atomic mass is 9.99. The lowest BCUT2D eigenvalue weighted by molar-refractivity contribution is 0.457. The first kappa shape index (κ1) is 8.54. The molecule has 1 aliphatic rings. The Hall–Kier alpha value is -0.0500. The van der Waals surface area contributed by atoms with E-state index in [1.165, 1.54) is 12.8 Å². The first-order valence-electron chi connectivity index (χ1n) is 4.12. The molecule has 0 amide bonds. The number of thiophene rings is 1. The maximum Gasteiger partial charge on any atom is 0.0561 e. The summed E-state index contributed by atoms with van der Waals surface area (Å²) in [5.74, 6) is 0. The maximum absolute atomic E-state index is 6.11. The van der Waals surface area contributed by atoms with E-state index in [1.807, 2.05) is 11.4 Å². The molecule has 1 fully saturated rings. The molecule has 0 aromatic carbocycles. The number of rotatable bonds is 2. The Labute approximate surface area is 81.5 Å². The van der Waals surface area contributed by atoms with Gasteiger partial charge in [0.1, 0.15) is 0 Å². The second kappa shape index (κ2) is 2.72. The average Bonchev–Trinajstić information content (AvgIpc) is 2.63. The van der Waals surface area contributed by atoms with Gasteiger partial charge in [-0.1, -0.05) is 18.5 Å². The van der Waals surface area contributed by atoms with Crippen molar-refractivity contribution in [1.29, 1.82) is 0 Å². The molecule has 66 valence electrons.